The van der Waals surface area contributed by atoms with Crippen molar-refractivity contribution in [2.75, 3.05) is 27.3 Å². The highest BCUT2D eigenvalue weighted by atomic mass is 16.5. The minimum Gasteiger partial charge on any atom is -0.497 e. The van der Waals surface area contributed by atoms with Gasteiger partial charge in [-0.1, -0.05) is 0 Å². The number of nitrogens with one attached hydrogen (secondary N) is 1. The Morgan fingerprint density at radius 2 is 2.06 bits per heavy atom. The highest BCUT2D eigenvalue weighted by Gasteiger charge is 2.28. The van der Waals surface area contributed by atoms with Crippen molar-refractivity contribution in [2.45, 2.75) is 25.4 Å². The second kappa shape index (κ2) is 5.59. The van der Waals surface area contributed by atoms with Gasteiger partial charge in [0.05, 0.1) is 20.3 Å². The fourth-order valence-electron chi connectivity index (χ4n) is 2.67. The summed E-state index contributed by atoms with van der Waals surface area (Å²) in [6, 6.07) is 3.88. The highest BCUT2D eigenvalue weighted by molar-refractivity contribution is 5.48. The lowest BCUT2D eigenvalue weighted by molar-refractivity contribution is 0.117. The third kappa shape index (κ3) is 2.44. The van der Waals surface area contributed by atoms with Gasteiger partial charge in [0.1, 0.15) is 11.5 Å². The number of piperidine rings is 1. The summed E-state index contributed by atoms with van der Waals surface area (Å²) < 4.78 is 10.7. The molecule has 2 rings (SSSR count). The SMILES string of the molecule is COc1cc(C)c(C2CCNCC2O)c(OC)c1. The van der Waals surface area contributed by atoms with E-state index in [9.17, 15) is 5.11 Å². The van der Waals surface area contributed by atoms with E-state index in [-0.39, 0.29) is 12.0 Å². The summed E-state index contributed by atoms with van der Waals surface area (Å²) in [4.78, 5) is 0. The van der Waals surface area contributed by atoms with Crippen LogP contribution in [0.25, 0.3) is 0 Å². The van der Waals surface area contributed by atoms with Gasteiger partial charge in [-0.05, 0) is 31.5 Å². The molecule has 1 aromatic rings. The van der Waals surface area contributed by atoms with Gasteiger partial charge >= 0.3 is 0 Å². The van der Waals surface area contributed by atoms with Gasteiger partial charge in [-0.15, -0.1) is 0 Å². The van der Waals surface area contributed by atoms with Crippen LogP contribution in [0.1, 0.15) is 23.5 Å². The number of hydrogen-bond acceptors (Lipinski definition) is 4. The van der Waals surface area contributed by atoms with Crippen LogP contribution in [0.5, 0.6) is 11.5 Å². The van der Waals surface area contributed by atoms with Crippen LogP contribution >= 0.6 is 0 Å². The number of rotatable bonds is 3. The normalized spacial score (nSPS) is 23.8. The third-order valence-corrected chi connectivity index (χ3v) is 3.60. The maximum Gasteiger partial charge on any atom is 0.126 e. The van der Waals surface area contributed by atoms with Crippen molar-refractivity contribution in [1.29, 1.82) is 0 Å². The molecule has 4 heteroatoms. The summed E-state index contributed by atoms with van der Waals surface area (Å²) in [5.74, 6) is 1.72. The molecule has 4 nitrogen and oxygen atoms in total. The molecule has 2 N–H and O–H groups in total. The van der Waals surface area contributed by atoms with Crippen molar-refractivity contribution in [3.8, 4) is 11.5 Å². The maximum atomic E-state index is 10.1. The first-order chi connectivity index (χ1) is 8.67. The number of methoxy groups -OCH3 is 2. The summed E-state index contributed by atoms with van der Waals surface area (Å²) in [6.07, 6.45) is 0.560. The van der Waals surface area contributed by atoms with Crippen LogP contribution in [0.2, 0.25) is 0 Å². The molecule has 0 radical (unpaired) electrons. The zero-order chi connectivity index (χ0) is 13.1. The zero-order valence-corrected chi connectivity index (χ0v) is 11.2. The van der Waals surface area contributed by atoms with Crippen LogP contribution in [-0.4, -0.2) is 38.5 Å². The van der Waals surface area contributed by atoms with Gasteiger partial charge in [0, 0.05) is 24.1 Å². The lowest BCUT2D eigenvalue weighted by Gasteiger charge is -2.31. The molecule has 0 spiro atoms. The molecule has 0 aliphatic carbocycles. The molecule has 0 aromatic heterocycles. The molecule has 2 atom stereocenters. The molecule has 18 heavy (non-hydrogen) atoms. The summed E-state index contributed by atoms with van der Waals surface area (Å²) in [6.45, 7) is 3.60. The van der Waals surface area contributed by atoms with Crippen LogP contribution < -0.4 is 14.8 Å². The monoisotopic (exact) mass is 251 g/mol. The van der Waals surface area contributed by atoms with Crippen molar-refractivity contribution in [2.24, 2.45) is 0 Å². The molecule has 2 unspecified atom stereocenters. The van der Waals surface area contributed by atoms with Crippen molar-refractivity contribution in [1.82, 2.24) is 5.32 Å². The van der Waals surface area contributed by atoms with E-state index in [2.05, 4.69) is 5.32 Å². The van der Waals surface area contributed by atoms with Gasteiger partial charge in [0.2, 0.25) is 0 Å². The summed E-state index contributed by atoms with van der Waals surface area (Å²) in [7, 11) is 3.30. The van der Waals surface area contributed by atoms with E-state index >= 15 is 0 Å². The topological polar surface area (TPSA) is 50.7 Å². The Hall–Kier alpha value is -1.26. The van der Waals surface area contributed by atoms with Crippen LogP contribution in [0.3, 0.4) is 0 Å². The third-order valence-electron chi connectivity index (χ3n) is 3.60. The number of aliphatic hydroxyl groups is 1. The van der Waals surface area contributed by atoms with Gasteiger partial charge < -0.3 is 19.9 Å². The van der Waals surface area contributed by atoms with Crippen LogP contribution in [-0.2, 0) is 0 Å². The summed E-state index contributed by atoms with van der Waals surface area (Å²) in [5.41, 5.74) is 2.21. The largest absolute Gasteiger partial charge is 0.497 e. The van der Waals surface area contributed by atoms with E-state index in [1.165, 1.54) is 0 Å². The van der Waals surface area contributed by atoms with Gasteiger partial charge in [0.15, 0.2) is 0 Å². The predicted octanol–water partition coefficient (Wildman–Crippen LogP) is 1.45. The van der Waals surface area contributed by atoms with E-state index in [1.807, 2.05) is 19.1 Å². The van der Waals surface area contributed by atoms with E-state index < -0.39 is 0 Å². The molecule has 1 fully saturated rings. The zero-order valence-electron chi connectivity index (χ0n) is 11.2. The summed E-state index contributed by atoms with van der Waals surface area (Å²) in [5, 5.41) is 13.3. The Balaban J connectivity index is 2.41. The molecule has 0 saturated carbocycles. The van der Waals surface area contributed by atoms with Gasteiger partial charge in [-0.25, -0.2) is 0 Å². The van der Waals surface area contributed by atoms with Crippen LogP contribution in [0, 0.1) is 6.92 Å². The molecule has 1 aliphatic heterocycles. The average molecular weight is 251 g/mol. The number of aryl methyl sites for hydroxylation is 1. The Morgan fingerprint density at radius 1 is 1.28 bits per heavy atom. The van der Waals surface area contributed by atoms with Gasteiger partial charge in [-0.3, -0.25) is 0 Å². The first kappa shape index (κ1) is 13.2. The van der Waals surface area contributed by atoms with Crippen LogP contribution in [0.15, 0.2) is 12.1 Å². The summed E-state index contributed by atoms with van der Waals surface area (Å²) >= 11 is 0. The number of hydrogen-bond donors (Lipinski definition) is 2. The lowest BCUT2D eigenvalue weighted by Crippen LogP contribution is -2.39. The smallest absolute Gasteiger partial charge is 0.126 e. The molecular weight excluding hydrogens is 230 g/mol. The Bertz CT molecular complexity index is 420. The molecule has 0 bridgehead atoms. The van der Waals surface area contributed by atoms with Crippen molar-refractivity contribution in [3.63, 3.8) is 0 Å². The number of benzene rings is 1. The number of β-amino-alcohol motifs (C(OH)–C–C–N with tert-alkyl or cyclic N) is 1. The molecule has 100 valence electrons. The second-order valence-corrected chi connectivity index (χ2v) is 4.73. The Kier molecular flexibility index (Phi) is 4.09. The van der Waals surface area contributed by atoms with E-state index in [0.717, 1.165) is 35.6 Å². The Labute approximate surface area is 108 Å². The van der Waals surface area contributed by atoms with Crippen molar-refractivity contribution >= 4 is 0 Å². The second-order valence-electron chi connectivity index (χ2n) is 4.73. The predicted molar refractivity (Wildman–Crippen MR) is 70.5 cm³/mol. The standard InChI is InChI=1S/C14H21NO3/c1-9-6-10(17-2)7-13(18-3)14(9)11-4-5-15-8-12(11)16/h6-7,11-12,15-16H,4-5,8H2,1-3H3. The minimum atomic E-state index is -0.361. The molecule has 1 aromatic carbocycles. The van der Waals surface area contributed by atoms with E-state index in [4.69, 9.17) is 9.47 Å². The number of aliphatic hydroxyl groups excluding tert-OH is 1. The molecule has 1 heterocycles. The first-order valence-corrected chi connectivity index (χ1v) is 6.28. The Morgan fingerprint density at radius 3 is 2.67 bits per heavy atom. The first-order valence-electron chi connectivity index (χ1n) is 6.28. The fourth-order valence-corrected chi connectivity index (χ4v) is 2.67. The van der Waals surface area contributed by atoms with E-state index in [1.54, 1.807) is 14.2 Å². The molecule has 1 aliphatic rings. The fraction of sp³-hybridized carbons (Fsp3) is 0.571. The lowest BCUT2D eigenvalue weighted by atomic mass is 9.84. The highest BCUT2D eigenvalue weighted by Crippen LogP contribution is 2.38. The molecule has 0 amide bonds. The van der Waals surface area contributed by atoms with Gasteiger partial charge in [-0.2, -0.15) is 0 Å². The number of ether oxygens (including phenoxy) is 2. The quantitative estimate of drug-likeness (QED) is 0.853. The van der Waals surface area contributed by atoms with Gasteiger partial charge in [0.25, 0.3) is 0 Å². The van der Waals surface area contributed by atoms with Crippen molar-refractivity contribution in [3.05, 3.63) is 23.3 Å². The average Bonchev–Trinajstić information content (AvgIpc) is 2.39. The van der Waals surface area contributed by atoms with Crippen LogP contribution in [0.4, 0.5) is 0 Å². The minimum absolute atomic E-state index is 0.132. The van der Waals surface area contributed by atoms with Crippen molar-refractivity contribution < 1.29 is 14.6 Å². The van der Waals surface area contributed by atoms with E-state index in [0.29, 0.717) is 6.54 Å². The molecular formula is C14H21NO3. The maximum absolute atomic E-state index is 10.1. The molecule has 1 saturated heterocycles.